The second-order valence-electron chi connectivity index (χ2n) is 4.64. The van der Waals surface area contributed by atoms with Crippen LogP contribution in [0.25, 0.3) is 10.9 Å². The molecule has 23 heavy (non-hydrogen) atoms. The van der Waals surface area contributed by atoms with Crippen LogP contribution in [0.1, 0.15) is 0 Å². The van der Waals surface area contributed by atoms with Gasteiger partial charge in [-0.15, -0.1) is 0 Å². The minimum absolute atomic E-state index is 0.740. The number of hydrazine groups is 1. The van der Waals surface area contributed by atoms with E-state index in [-0.39, 0.29) is 0 Å². The van der Waals surface area contributed by atoms with Gasteiger partial charge in [0.05, 0.1) is 12.6 Å². The molecule has 0 bridgehead atoms. The van der Waals surface area contributed by atoms with Gasteiger partial charge in [0.25, 0.3) is 0 Å². The van der Waals surface area contributed by atoms with E-state index in [2.05, 4.69) is 14.5 Å². The zero-order valence-corrected chi connectivity index (χ0v) is 13.3. The number of methoxy groups -OCH3 is 1. The fourth-order valence-electron chi connectivity index (χ4n) is 2.12. The number of rotatable bonds is 6. The van der Waals surface area contributed by atoms with E-state index < -0.39 is 0 Å². The maximum atomic E-state index is 5.97. The highest BCUT2D eigenvalue weighted by molar-refractivity contribution is 7.98. The molecule has 4 N–H and O–H groups in total. The molecule has 3 rings (SSSR count). The third-order valence-corrected chi connectivity index (χ3v) is 3.68. The average molecular weight is 328 g/mol. The SMILES string of the molecule is COc1ccc2c(Oc3ccc(NSNN)cc3)ccnc2c1. The van der Waals surface area contributed by atoms with E-state index in [4.69, 9.17) is 15.3 Å². The predicted molar refractivity (Wildman–Crippen MR) is 93.3 cm³/mol. The van der Waals surface area contributed by atoms with Gasteiger partial charge in [-0.25, -0.2) is 0 Å². The Morgan fingerprint density at radius 3 is 2.57 bits per heavy atom. The molecular formula is C16H16N4O2S. The Kier molecular flexibility index (Phi) is 4.82. The van der Waals surface area contributed by atoms with Crippen LogP contribution in [0.3, 0.4) is 0 Å². The quantitative estimate of drug-likeness (QED) is 0.363. The standard InChI is InChI=1S/C16H16N4O2S/c1-21-13-6-7-14-15(10-13)18-9-8-16(14)22-12-4-2-11(3-5-12)19-23-20-17/h2-10,19-20H,17H2,1H3. The molecule has 0 unspecified atom stereocenters. The Morgan fingerprint density at radius 1 is 1.04 bits per heavy atom. The summed E-state index contributed by atoms with van der Waals surface area (Å²) >= 11 is 1.19. The molecule has 6 nitrogen and oxygen atoms in total. The van der Waals surface area contributed by atoms with Crippen LogP contribution in [-0.4, -0.2) is 12.1 Å². The average Bonchev–Trinajstić information content (AvgIpc) is 2.61. The maximum absolute atomic E-state index is 5.97. The van der Waals surface area contributed by atoms with Crippen molar-refractivity contribution in [1.82, 2.24) is 9.82 Å². The summed E-state index contributed by atoms with van der Waals surface area (Å²) < 4.78 is 14.2. The fourth-order valence-corrected chi connectivity index (χ4v) is 2.44. The zero-order valence-electron chi connectivity index (χ0n) is 12.4. The summed E-state index contributed by atoms with van der Waals surface area (Å²) in [5.41, 5.74) is 1.75. The summed E-state index contributed by atoms with van der Waals surface area (Å²) in [6.45, 7) is 0. The van der Waals surface area contributed by atoms with Crippen molar-refractivity contribution in [2.24, 2.45) is 5.84 Å². The molecule has 118 valence electrons. The normalized spacial score (nSPS) is 10.5. The van der Waals surface area contributed by atoms with Crippen molar-refractivity contribution >= 4 is 28.7 Å². The van der Waals surface area contributed by atoms with Crippen molar-refractivity contribution in [2.75, 3.05) is 11.8 Å². The lowest BCUT2D eigenvalue weighted by atomic mass is 10.2. The highest BCUT2D eigenvalue weighted by Gasteiger charge is 2.06. The number of nitrogens with two attached hydrogens (primary N) is 1. The second-order valence-corrected chi connectivity index (χ2v) is 5.28. The summed E-state index contributed by atoms with van der Waals surface area (Å²) in [7, 11) is 1.63. The van der Waals surface area contributed by atoms with Gasteiger partial charge in [-0.2, -0.15) is 4.83 Å². The second kappa shape index (κ2) is 7.19. The number of benzene rings is 2. The van der Waals surface area contributed by atoms with Crippen molar-refractivity contribution in [3.63, 3.8) is 0 Å². The van der Waals surface area contributed by atoms with Gasteiger partial charge in [-0.3, -0.25) is 10.8 Å². The van der Waals surface area contributed by atoms with Gasteiger partial charge in [-0.1, -0.05) is 0 Å². The Balaban J connectivity index is 1.83. The molecule has 3 aromatic rings. The van der Waals surface area contributed by atoms with E-state index in [1.165, 1.54) is 12.1 Å². The molecule has 0 radical (unpaired) electrons. The van der Waals surface area contributed by atoms with E-state index in [1.54, 1.807) is 13.3 Å². The highest BCUT2D eigenvalue weighted by Crippen LogP contribution is 2.31. The molecule has 0 saturated carbocycles. The fraction of sp³-hybridized carbons (Fsp3) is 0.0625. The first-order valence-corrected chi connectivity index (χ1v) is 7.70. The molecule has 0 fully saturated rings. The van der Waals surface area contributed by atoms with Gasteiger partial charge >= 0.3 is 0 Å². The van der Waals surface area contributed by atoms with Gasteiger partial charge in [0.2, 0.25) is 0 Å². The Morgan fingerprint density at radius 2 is 1.83 bits per heavy atom. The lowest BCUT2D eigenvalue weighted by Gasteiger charge is -2.10. The largest absolute Gasteiger partial charge is 0.497 e. The Bertz CT molecular complexity index is 796. The van der Waals surface area contributed by atoms with Crippen molar-refractivity contribution in [3.05, 3.63) is 54.7 Å². The van der Waals surface area contributed by atoms with Crippen molar-refractivity contribution in [2.45, 2.75) is 0 Å². The lowest BCUT2D eigenvalue weighted by Crippen LogP contribution is -2.14. The number of fused-ring (bicyclic) bond motifs is 1. The molecule has 0 aliphatic heterocycles. The summed E-state index contributed by atoms with van der Waals surface area (Å²) in [6.07, 6.45) is 1.72. The zero-order chi connectivity index (χ0) is 16.1. The van der Waals surface area contributed by atoms with Crippen molar-refractivity contribution in [1.29, 1.82) is 0 Å². The van der Waals surface area contributed by atoms with Crippen molar-refractivity contribution < 1.29 is 9.47 Å². The molecule has 7 heteroatoms. The number of hydrogen-bond acceptors (Lipinski definition) is 7. The first kappa shape index (κ1) is 15.4. The van der Waals surface area contributed by atoms with Crippen LogP contribution in [0.4, 0.5) is 5.69 Å². The summed E-state index contributed by atoms with van der Waals surface area (Å²) in [5.74, 6) is 7.45. The van der Waals surface area contributed by atoms with Gasteiger partial charge in [0.1, 0.15) is 17.2 Å². The van der Waals surface area contributed by atoms with Crippen LogP contribution in [-0.2, 0) is 0 Å². The van der Waals surface area contributed by atoms with E-state index >= 15 is 0 Å². The van der Waals surface area contributed by atoms with Gasteiger partial charge < -0.3 is 14.2 Å². The minimum atomic E-state index is 0.740. The van der Waals surface area contributed by atoms with E-state index in [0.29, 0.717) is 0 Å². The third kappa shape index (κ3) is 3.65. The third-order valence-electron chi connectivity index (χ3n) is 3.22. The number of ether oxygens (including phenoxy) is 2. The van der Waals surface area contributed by atoms with Crippen LogP contribution in [0.2, 0.25) is 0 Å². The van der Waals surface area contributed by atoms with Gasteiger partial charge in [-0.05, 0) is 42.5 Å². The summed E-state index contributed by atoms with van der Waals surface area (Å²) in [4.78, 5) is 6.81. The first-order chi connectivity index (χ1) is 11.3. The van der Waals surface area contributed by atoms with Gasteiger partial charge in [0, 0.05) is 35.5 Å². The molecule has 0 aliphatic rings. The number of pyridine rings is 1. The Hall–Kier alpha value is -2.48. The smallest absolute Gasteiger partial charge is 0.138 e. The molecule has 0 atom stereocenters. The molecule has 0 spiro atoms. The molecule has 0 aliphatic carbocycles. The van der Waals surface area contributed by atoms with Crippen LogP contribution in [0, 0.1) is 0 Å². The van der Waals surface area contributed by atoms with Crippen LogP contribution in [0.5, 0.6) is 17.2 Å². The lowest BCUT2D eigenvalue weighted by molar-refractivity contribution is 0.415. The topological polar surface area (TPSA) is 81.4 Å². The van der Waals surface area contributed by atoms with Crippen LogP contribution < -0.4 is 24.9 Å². The molecule has 0 amide bonds. The number of nitrogens with one attached hydrogen (secondary N) is 2. The first-order valence-electron chi connectivity index (χ1n) is 6.88. The molecular weight excluding hydrogens is 312 g/mol. The van der Waals surface area contributed by atoms with E-state index in [9.17, 15) is 0 Å². The molecule has 0 saturated heterocycles. The van der Waals surface area contributed by atoms with E-state index in [1.807, 2.05) is 48.5 Å². The summed E-state index contributed by atoms with van der Waals surface area (Å²) in [6, 6.07) is 15.1. The van der Waals surface area contributed by atoms with Gasteiger partial charge in [0.15, 0.2) is 0 Å². The molecule has 2 aromatic carbocycles. The van der Waals surface area contributed by atoms with Crippen LogP contribution in [0.15, 0.2) is 54.7 Å². The maximum Gasteiger partial charge on any atom is 0.138 e. The van der Waals surface area contributed by atoms with Crippen LogP contribution >= 0.6 is 12.1 Å². The van der Waals surface area contributed by atoms with Crippen molar-refractivity contribution in [3.8, 4) is 17.2 Å². The monoisotopic (exact) mass is 328 g/mol. The number of anilines is 1. The summed E-state index contributed by atoms with van der Waals surface area (Å²) in [5, 5.41) is 0.929. The van der Waals surface area contributed by atoms with E-state index in [0.717, 1.165) is 33.8 Å². The predicted octanol–water partition coefficient (Wildman–Crippen LogP) is 3.47. The molecule has 1 aromatic heterocycles. The Labute approximate surface area is 138 Å². The number of nitrogens with zero attached hydrogens (tertiary/aromatic N) is 1. The number of hydrogen-bond donors (Lipinski definition) is 3. The minimum Gasteiger partial charge on any atom is -0.497 e. The number of aromatic nitrogens is 1. The highest BCUT2D eigenvalue weighted by atomic mass is 32.2. The molecule has 1 heterocycles.